The van der Waals surface area contributed by atoms with E-state index in [4.69, 9.17) is 0 Å². The van der Waals surface area contributed by atoms with Crippen LogP contribution in [0.3, 0.4) is 0 Å². The van der Waals surface area contributed by atoms with Crippen molar-refractivity contribution in [1.29, 1.82) is 0 Å². The molecule has 1 saturated carbocycles. The van der Waals surface area contributed by atoms with Crippen LogP contribution in [0.15, 0.2) is 24.3 Å². The first kappa shape index (κ1) is 16.2. The average molecular weight is 342 g/mol. The Morgan fingerprint density at radius 2 is 1.96 bits per heavy atom. The van der Waals surface area contributed by atoms with E-state index >= 15 is 0 Å². The van der Waals surface area contributed by atoms with Crippen molar-refractivity contribution in [3.05, 3.63) is 47.3 Å². The standard InChI is InChI=1S/C19H23FN4O/c20-15-7-5-14(6-8-15)19(10-11-19)18(25)21-12-9-17-23-22-16-4-2-1-3-13-24(16)17/h5-8H,1-4,9-13H2,(H,21,25). The van der Waals surface area contributed by atoms with E-state index in [2.05, 4.69) is 20.1 Å². The molecule has 1 aromatic carbocycles. The van der Waals surface area contributed by atoms with Crippen LogP contribution >= 0.6 is 0 Å². The first-order chi connectivity index (χ1) is 12.2. The Balaban J connectivity index is 1.37. The van der Waals surface area contributed by atoms with Gasteiger partial charge < -0.3 is 9.88 Å². The Labute approximate surface area is 146 Å². The van der Waals surface area contributed by atoms with Gasteiger partial charge in [-0.25, -0.2) is 4.39 Å². The maximum Gasteiger partial charge on any atom is 0.230 e. The number of fused-ring (bicyclic) bond motifs is 1. The lowest BCUT2D eigenvalue weighted by atomic mass is 9.95. The number of nitrogens with zero attached hydrogens (tertiary/aromatic N) is 3. The van der Waals surface area contributed by atoms with Gasteiger partial charge in [-0.15, -0.1) is 10.2 Å². The predicted molar refractivity (Wildman–Crippen MR) is 91.6 cm³/mol. The Morgan fingerprint density at radius 1 is 1.16 bits per heavy atom. The molecule has 1 amide bonds. The third-order valence-corrected chi connectivity index (χ3v) is 5.40. The second-order valence-corrected chi connectivity index (χ2v) is 7.09. The smallest absolute Gasteiger partial charge is 0.230 e. The molecule has 4 rings (SSSR count). The Bertz CT molecular complexity index is 764. The number of amides is 1. The Morgan fingerprint density at radius 3 is 2.72 bits per heavy atom. The number of halogens is 1. The van der Waals surface area contributed by atoms with Crippen LogP contribution in [0.4, 0.5) is 4.39 Å². The highest BCUT2D eigenvalue weighted by molar-refractivity contribution is 5.91. The van der Waals surface area contributed by atoms with Crippen molar-refractivity contribution in [2.75, 3.05) is 6.54 Å². The summed E-state index contributed by atoms with van der Waals surface area (Å²) in [5, 5.41) is 11.6. The van der Waals surface area contributed by atoms with Gasteiger partial charge in [-0.05, 0) is 43.4 Å². The number of benzene rings is 1. The fraction of sp³-hybridized carbons (Fsp3) is 0.526. The van der Waals surface area contributed by atoms with Gasteiger partial charge in [0, 0.05) is 25.9 Å². The van der Waals surface area contributed by atoms with Crippen LogP contribution in [0.25, 0.3) is 0 Å². The van der Waals surface area contributed by atoms with Crippen molar-refractivity contribution in [2.24, 2.45) is 0 Å². The van der Waals surface area contributed by atoms with Crippen LogP contribution in [0.1, 0.15) is 49.3 Å². The minimum absolute atomic E-state index is 0.0368. The molecule has 0 radical (unpaired) electrons. The largest absolute Gasteiger partial charge is 0.355 e. The summed E-state index contributed by atoms with van der Waals surface area (Å²) in [7, 11) is 0. The molecule has 1 aliphatic carbocycles. The number of aromatic nitrogens is 3. The summed E-state index contributed by atoms with van der Waals surface area (Å²) < 4.78 is 15.3. The van der Waals surface area contributed by atoms with E-state index in [1.807, 2.05) is 0 Å². The van der Waals surface area contributed by atoms with Crippen LogP contribution in [0.2, 0.25) is 0 Å². The molecule has 0 spiro atoms. The van der Waals surface area contributed by atoms with E-state index in [1.165, 1.54) is 25.0 Å². The summed E-state index contributed by atoms with van der Waals surface area (Å²) in [5.74, 6) is 1.80. The van der Waals surface area contributed by atoms with Gasteiger partial charge in [0.2, 0.25) is 5.91 Å². The van der Waals surface area contributed by atoms with Crippen LogP contribution in [0.5, 0.6) is 0 Å². The molecule has 132 valence electrons. The summed E-state index contributed by atoms with van der Waals surface area (Å²) in [6.07, 6.45) is 6.91. The first-order valence-corrected chi connectivity index (χ1v) is 9.14. The zero-order valence-corrected chi connectivity index (χ0v) is 14.3. The molecule has 1 N–H and O–H groups in total. The highest BCUT2D eigenvalue weighted by Crippen LogP contribution is 2.48. The fourth-order valence-electron chi connectivity index (χ4n) is 3.73. The van der Waals surface area contributed by atoms with Gasteiger partial charge in [0.25, 0.3) is 0 Å². The van der Waals surface area contributed by atoms with Crippen molar-refractivity contribution < 1.29 is 9.18 Å². The number of aryl methyl sites for hydroxylation is 1. The van der Waals surface area contributed by atoms with Crippen molar-refractivity contribution in [2.45, 2.75) is 56.9 Å². The van der Waals surface area contributed by atoms with Gasteiger partial charge in [0.05, 0.1) is 5.41 Å². The molecule has 0 bridgehead atoms. The van der Waals surface area contributed by atoms with Gasteiger partial charge in [-0.3, -0.25) is 4.79 Å². The number of rotatable bonds is 5. The molecule has 1 aliphatic heterocycles. The fourth-order valence-corrected chi connectivity index (χ4v) is 3.73. The van der Waals surface area contributed by atoms with Crippen molar-refractivity contribution >= 4 is 5.91 Å². The summed E-state index contributed by atoms with van der Waals surface area (Å²) in [6.45, 7) is 1.53. The summed E-state index contributed by atoms with van der Waals surface area (Å²) in [5.41, 5.74) is 0.442. The molecule has 6 heteroatoms. The van der Waals surface area contributed by atoms with E-state index in [1.54, 1.807) is 12.1 Å². The summed E-state index contributed by atoms with van der Waals surface area (Å²) in [4.78, 5) is 12.6. The molecule has 2 aromatic rings. The molecule has 0 saturated heterocycles. The predicted octanol–water partition coefficient (Wildman–Crippen LogP) is 2.53. The molecule has 25 heavy (non-hydrogen) atoms. The minimum Gasteiger partial charge on any atom is -0.355 e. The van der Waals surface area contributed by atoms with Crippen molar-refractivity contribution in [1.82, 2.24) is 20.1 Å². The zero-order chi connectivity index (χ0) is 17.3. The lowest BCUT2D eigenvalue weighted by molar-refractivity contribution is -0.123. The monoisotopic (exact) mass is 342 g/mol. The van der Waals surface area contributed by atoms with E-state index in [0.717, 1.165) is 49.4 Å². The highest BCUT2D eigenvalue weighted by atomic mass is 19.1. The second kappa shape index (κ2) is 6.58. The van der Waals surface area contributed by atoms with E-state index in [9.17, 15) is 9.18 Å². The molecule has 0 atom stereocenters. The van der Waals surface area contributed by atoms with Crippen LogP contribution in [-0.2, 0) is 29.6 Å². The molecular formula is C19H23FN4O. The number of carbonyl (C=O) groups is 1. The van der Waals surface area contributed by atoms with E-state index < -0.39 is 5.41 Å². The Hall–Kier alpha value is -2.24. The van der Waals surface area contributed by atoms with E-state index in [-0.39, 0.29) is 11.7 Å². The molecule has 1 fully saturated rings. The van der Waals surface area contributed by atoms with Gasteiger partial charge in [-0.2, -0.15) is 0 Å². The third kappa shape index (κ3) is 3.17. The lowest BCUT2D eigenvalue weighted by Gasteiger charge is -2.16. The number of nitrogens with one attached hydrogen (secondary N) is 1. The van der Waals surface area contributed by atoms with Gasteiger partial charge in [0.1, 0.15) is 17.5 Å². The van der Waals surface area contributed by atoms with Crippen LogP contribution in [0, 0.1) is 5.82 Å². The second-order valence-electron chi connectivity index (χ2n) is 7.09. The highest BCUT2D eigenvalue weighted by Gasteiger charge is 2.51. The molecule has 2 aliphatic rings. The van der Waals surface area contributed by atoms with Gasteiger partial charge >= 0.3 is 0 Å². The van der Waals surface area contributed by atoms with Crippen molar-refractivity contribution in [3.8, 4) is 0 Å². The number of hydrogen-bond donors (Lipinski definition) is 1. The molecule has 5 nitrogen and oxygen atoms in total. The van der Waals surface area contributed by atoms with Gasteiger partial charge in [0.15, 0.2) is 0 Å². The SMILES string of the molecule is O=C(NCCc1nnc2n1CCCCC2)C1(c2ccc(F)cc2)CC1. The number of carbonyl (C=O) groups excluding carboxylic acids is 1. The maximum atomic E-state index is 13.1. The molecule has 1 aromatic heterocycles. The average Bonchev–Trinajstić information content (AvgIpc) is 3.38. The lowest BCUT2D eigenvalue weighted by Crippen LogP contribution is -2.36. The van der Waals surface area contributed by atoms with E-state index in [0.29, 0.717) is 13.0 Å². The van der Waals surface area contributed by atoms with Gasteiger partial charge in [-0.1, -0.05) is 18.6 Å². The minimum atomic E-state index is -0.463. The third-order valence-electron chi connectivity index (χ3n) is 5.40. The maximum absolute atomic E-state index is 13.1. The summed E-state index contributed by atoms with van der Waals surface area (Å²) in [6, 6.07) is 6.29. The normalized spacial score (nSPS) is 18.3. The Kier molecular flexibility index (Phi) is 4.27. The zero-order valence-electron chi connectivity index (χ0n) is 14.3. The topological polar surface area (TPSA) is 59.8 Å². The molecule has 2 heterocycles. The number of hydrogen-bond acceptors (Lipinski definition) is 3. The molecule has 0 unspecified atom stereocenters. The van der Waals surface area contributed by atoms with Crippen molar-refractivity contribution in [3.63, 3.8) is 0 Å². The van der Waals surface area contributed by atoms with Crippen LogP contribution < -0.4 is 5.32 Å². The molecular weight excluding hydrogens is 319 g/mol. The summed E-state index contributed by atoms with van der Waals surface area (Å²) >= 11 is 0. The van der Waals surface area contributed by atoms with Crippen LogP contribution in [-0.4, -0.2) is 27.2 Å². The quantitative estimate of drug-likeness (QED) is 0.908. The first-order valence-electron chi connectivity index (χ1n) is 9.14.